The van der Waals surface area contributed by atoms with E-state index in [2.05, 4.69) is 80.6 Å². The zero-order valence-corrected chi connectivity index (χ0v) is 23.7. The number of hydrogen-bond acceptors (Lipinski definition) is 3. The molecule has 1 unspecified atom stereocenters. The van der Waals surface area contributed by atoms with Gasteiger partial charge in [-0.05, 0) is 72.9 Å². The van der Waals surface area contributed by atoms with Crippen molar-refractivity contribution in [2.45, 2.75) is 97.5 Å². The highest BCUT2D eigenvalue weighted by molar-refractivity contribution is 5.69. The average Bonchev–Trinajstić information content (AvgIpc) is 2.94. The number of esters is 1. The second-order valence-corrected chi connectivity index (χ2v) is 10.4. The van der Waals surface area contributed by atoms with Crippen LogP contribution in [0.1, 0.15) is 88.8 Å². The monoisotopic (exact) mass is 514 g/mol. The lowest BCUT2D eigenvalue weighted by molar-refractivity contribution is -0.149. The van der Waals surface area contributed by atoms with Gasteiger partial charge in [0.05, 0.1) is 0 Å². The number of hydrogen-bond donors (Lipinski definition) is 0. The van der Waals surface area contributed by atoms with Gasteiger partial charge in [0.15, 0.2) is 0 Å². The lowest BCUT2D eigenvalue weighted by Gasteiger charge is -2.18. The smallest absolute Gasteiger partial charge is 0.306 e. The molecule has 0 aliphatic carbocycles. The zero-order chi connectivity index (χ0) is 27.0. The molecule has 0 aromatic heterocycles. The predicted molar refractivity (Wildman–Crippen MR) is 159 cm³/mol. The maximum atomic E-state index is 12.1. The van der Waals surface area contributed by atoms with Crippen LogP contribution in [-0.2, 0) is 28.8 Å². The summed E-state index contributed by atoms with van der Waals surface area (Å²) in [6, 6.07) is 26.0. The van der Waals surface area contributed by atoms with Crippen LogP contribution >= 0.6 is 0 Å². The highest BCUT2D eigenvalue weighted by Crippen LogP contribution is 2.25. The van der Waals surface area contributed by atoms with E-state index in [1.807, 2.05) is 13.0 Å². The fraction of sp³-hybridized carbons (Fsp3) is 0.457. The fourth-order valence-corrected chi connectivity index (χ4v) is 4.67. The SMILES string of the molecule is CCCCCCc1ccc(CCc2ccc(-c3ccccc3)cc2)c(OCC(C)OC(=O)CCCCC)c1. The third-order valence-electron chi connectivity index (χ3n) is 6.99. The Balaban J connectivity index is 1.62. The van der Waals surface area contributed by atoms with Crippen molar-refractivity contribution in [3.8, 4) is 16.9 Å². The fourth-order valence-electron chi connectivity index (χ4n) is 4.67. The van der Waals surface area contributed by atoms with Crippen molar-refractivity contribution in [3.63, 3.8) is 0 Å². The van der Waals surface area contributed by atoms with Crippen LogP contribution < -0.4 is 4.74 Å². The first-order chi connectivity index (χ1) is 18.6. The lowest BCUT2D eigenvalue weighted by atomic mass is 9.98. The predicted octanol–water partition coefficient (Wildman–Crippen LogP) is 9.15. The first-order valence-electron chi connectivity index (χ1n) is 14.7. The summed E-state index contributed by atoms with van der Waals surface area (Å²) in [5, 5.41) is 0. The van der Waals surface area contributed by atoms with E-state index in [4.69, 9.17) is 9.47 Å². The Bertz CT molecular complexity index is 1070. The molecule has 0 N–H and O–H groups in total. The van der Waals surface area contributed by atoms with Gasteiger partial charge in [-0.1, -0.05) is 113 Å². The van der Waals surface area contributed by atoms with E-state index in [-0.39, 0.29) is 12.1 Å². The third kappa shape index (κ3) is 10.4. The first-order valence-corrected chi connectivity index (χ1v) is 14.7. The van der Waals surface area contributed by atoms with Crippen molar-refractivity contribution in [3.05, 3.63) is 89.5 Å². The van der Waals surface area contributed by atoms with Gasteiger partial charge >= 0.3 is 5.97 Å². The molecule has 3 rings (SSSR count). The Kier molecular flexibility index (Phi) is 13.0. The standard InChI is InChI=1S/C35H46O3/c1-4-6-8-11-14-30-21-25-33(34(26-30)37-27-28(3)38-35(36)17-10-7-5-2)24-20-29-18-22-32(23-19-29)31-15-12-9-13-16-31/h9,12-13,15-16,18-19,21-23,25-26,28H,4-8,10-11,14,17,20,24,27H2,1-3H3. The van der Waals surface area contributed by atoms with Crippen molar-refractivity contribution in [1.29, 1.82) is 0 Å². The number of carbonyl (C=O) groups is 1. The maximum absolute atomic E-state index is 12.1. The number of rotatable bonds is 17. The Labute approximate surface area is 230 Å². The number of carbonyl (C=O) groups excluding carboxylic acids is 1. The zero-order valence-electron chi connectivity index (χ0n) is 23.7. The minimum absolute atomic E-state index is 0.126. The molecule has 0 spiro atoms. The number of benzene rings is 3. The van der Waals surface area contributed by atoms with E-state index < -0.39 is 0 Å². The molecule has 3 aromatic carbocycles. The summed E-state index contributed by atoms with van der Waals surface area (Å²) < 4.78 is 11.9. The van der Waals surface area contributed by atoms with Gasteiger partial charge in [0.25, 0.3) is 0 Å². The van der Waals surface area contributed by atoms with Crippen LogP contribution in [-0.4, -0.2) is 18.7 Å². The number of ether oxygens (including phenoxy) is 2. The van der Waals surface area contributed by atoms with Gasteiger partial charge in [-0.15, -0.1) is 0 Å². The quantitative estimate of drug-likeness (QED) is 0.133. The van der Waals surface area contributed by atoms with Crippen LogP contribution in [0.4, 0.5) is 0 Å². The van der Waals surface area contributed by atoms with Crippen molar-refractivity contribution in [2.24, 2.45) is 0 Å². The molecule has 3 heteroatoms. The molecule has 0 radical (unpaired) electrons. The van der Waals surface area contributed by atoms with Crippen LogP contribution in [0.5, 0.6) is 5.75 Å². The van der Waals surface area contributed by atoms with Crippen molar-refractivity contribution >= 4 is 5.97 Å². The molecule has 38 heavy (non-hydrogen) atoms. The minimum Gasteiger partial charge on any atom is -0.489 e. The Hall–Kier alpha value is -3.07. The molecule has 0 amide bonds. The average molecular weight is 515 g/mol. The molecule has 0 fully saturated rings. The molecule has 0 bridgehead atoms. The van der Waals surface area contributed by atoms with Crippen molar-refractivity contribution in [2.75, 3.05) is 6.61 Å². The van der Waals surface area contributed by atoms with E-state index in [0.29, 0.717) is 13.0 Å². The van der Waals surface area contributed by atoms with Gasteiger partial charge in [0.2, 0.25) is 0 Å². The molecule has 3 nitrogen and oxygen atoms in total. The highest BCUT2D eigenvalue weighted by Gasteiger charge is 2.13. The van der Waals surface area contributed by atoms with Gasteiger partial charge in [-0.25, -0.2) is 0 Å². The molecular weight excluding hydrogens is 468 g/mol. The topological polar surface area (TPSA) is 35.5 Å². The van der Waals surface area contributed by atoms with Crippen molar-refractivity contribution < 1.29 is 14.3 Å². The molecule has 3 aromatic rings. The lowest BCUT2D eigenvalue weighted by Crippen LogP contribution is -2.22. The summed E-state index contributed by atoms with van der Waals surface area (Å²) >= 11 is 0. The summed E-state index contributed by atoms with van der Waals surface area (Å²) in [7, 11) is 0. The molecule has 0 heterocycles. The van der Waals surface area contributed by atoms with Crippen LogP contribution in [0.15, 0.2) is 72.8 Å². The van der Waals surface area contributed by atoms with Gasteiger partial charge in [0.1, 0.15) is 18.5 Å². The minimum atomic E-state index is -0.268. The van der Waals surface area contributed by atoms with Gasteiger partial charge in [-0.3, -0.25) is 4.79 Å². The van der Waals surface area contributed by atoms with E-state index in [1.54, 1.807) is 0 Å². The second-order valence-electron chi connectivity index (χ2n) is 10.4. The summed E-state index contributed by atoms with van der Waals surface area (Å²) in [6.07, 6.45) is 11.2. The van der Waals surface area contributed by atoms with Crippen molar-refractivity contribution in [1.82, 2.24) is 0 Å². The maximum Gasteiger partial charge on any atom is 0.306 e. The number of unbranched alkanes of at least 4 members (excludes halogenated alkanes) is 5. The Morgan fingerprint density at radius 2 is 1.39 bits per heavy atom. The summed E-state index contributed by atoms with van der Waals surface area (Å²) in [4.78, 5) is 12.1. The van der Waals surface area contributed by atoms with Gasteiger partial charge < -0.3 is 9.47 Å². The van der Waals surface area contributed by atoms with Crippen LogP contribution in [0, 0.1) is 0 Å². The molecule has 0 saturated heterocycles. The van der Waals surface area contributed by atoms with E-state index in [0.717, 1.165) is 44.3 Å². The summed E-state index contributed by atoms with van der Waals surface area (Å²) in [5.41, 5.74) is 6.31. The Morgan fingerprint density at radius 1 is 0.711 bits per heavy atom. The molecule has 1 atom stereocenters. The normalized spacial score (nSPS) is 11.8. The summed E-state index contributed by atoms with van der Waals surface area (Å²) in [5.74, 6) is 0.797. The molecule has 0 saturated carbocycles. The molecule has 0 aliphatic rings. The highest BCUT2D eigenvalue weighted by atomic mass is 16.6. The second kappa shape index (κ2) is 16.7. The van der Waals surface area contributed by atoms with Gasteiger partial charge in [-0.2, -0.15) is 0 Å². The summed E-state index contributed by atoms with van der Waals surface area (Å²) in [6.45, 7) is 6.67. The molecule has 0 aliphatic heterocycles. The largest absolute Gasteiger partial charge is 0.489 e. The van der Waals surface area contributed by atoms with E-state index >= 15 is 0 Å². The third-order valence-corrected chi connectivity index (χ3v) is 6.99. The van der Waals surface area contributed by atoms with Crippen LogP contribution in [0.3, 0.4) is 0 Å². The number of aryl methyl sites for hydroxylation is 3. The molecule has 204 valence electrons. The Morgan fingerprint density at radius 3 is 2.13 bits per heavy atom. The van der Waals surface area contributed by atoms with E-state index in [9.17, 15) is 4.79 Å². The molecular formula is C35H46O3. The first kappa shape index (κ1) is 29.5. The van der Waals surface area contributed by atoms with Gasteiger partial charge in [0, 0.05) is 6.42 Å². The van der Waals surface area contributed by atoms with Crippen LogP contribution in [0.2, 0.25) is 0 Å². The van der Waals surface area contributed by atoms with E-state index in [1.165, 1.54) is 53.5 Å². The van der Waals surface area contributed by atoms with Crippen LogP contribution in [0.25, 0.3) is 11.1 Å².